The van der Waals surface area contributed by atoms with Gasteiger partial charge in [-0.2, -0.15) is 0 Å². The van der Waals surface area contributed by atoms with Crippen LogP contribution in [-0.2, 0) is 4.79 Å². The van der Waals surface area contributed by atoms with E-state index in [-0.39, 0.29) is 5.78 Å². The summed E-state index contributed by atoms with van der Waals surface area (Å²) in [7, 11) is 0. The lowest BCUT2D eigenvalue weighted by Gasteiger charge is -2.60. The molecule has 7 atom stereocenters. The second kappa shape index (κ2) is 7.96. The lowest BCUT2D eigenvalue weighted by atomic mass is 9.45. The van der Waals surface area contributed by atoms with Gasteiger partial charge in [0.15, 0.2) is 0 Å². The van der Waals surface area contributed by atoms with E-state index in [2.05, 4.69) is 20.8 Å². The molecule has 0 radical (unpaired) electrons. The fourth-order valence-electron chi connectivity index (χ4n) is 8.07. The predicted octanol–water partition coefficient (Wildman–Crippen LogP) is 7.43. The van der Waals surface area contributed by atoms with Gasteiger partial charge in [0.05, 0.1) is 0 Å². The number of hydrogen-bond acceptors (Lipinski definition) is 1. The van der Waals surface area contributed by atoms with Crippen molar-refractivity contribution in [2.75, 3.05) is 0 Å². The zero-order valence-corrected chi connectivity index (χ0v) is 18.3. The van der Waals surface area contributed by atoms with E-state index in [1.165, 1.54) is 19.3 Å². The summed E-state index contributed by atoms with van der Waals surface area (Å²) in [6, 6.07) is 0. The van der Waals surface area contributed by atoms with Gasteiger partial charge in [-0.3, -0.25) is 0 Å². The molecule has 150 valence electrons. The average Bonchev–Trinajstić information content (AvgIpc) is 2.98. The second-order valence-electron chi connectivity index (χ2n) is 10.7. The topological polar surface area (TPSA) is 17.1 Å². The van der Waals surface area contributed by atoms with E-state index in [1.54, 1.807) is 58.3 Å². The molecule has 4 rings (SSSR count). The molecule has 0 aliphatic heterocycles. The first kappa shape index (κ1) is 20.4. The van der Waals surface area contributed by atoms with Crippen LogP contribution in [-0.4, -0.2) is 5.78 Å². The Bertz CT molecular complexity index is 496. The highest BCUT2D eigenvalue weighted by molar-refractivity contribution is 5.74. The molecule has 0 aromatic heterocycles. The third kappa shape index (κ3) is 3.42. The molecular formula is C25H44O. The number of fused-ring (bicyclic) bond motifs is 5. The minimum atomic E-state index is 0.255. The lowest BCUT2D eigenvalue weighted by molar-refractivity contribution is -0.116. The highest BCUT2D eigenvalue weighted by Gasteiger charge is 2.59. The molecule has 1 nitrogen and oxygen atoms in total. The predicted molar refractivity (Wildman–Crippen MR) is 111 cm³/mol. The molecule has 26 heavy (non-hydrogen) atoms. The van der Waals surface area contributed by atoms with E-state index >= 15 is 0 Å². The molecule has 0 aromatic rings. The van der Waals surface area contributed by atoms with Crippen LogP contribution in [0, 0.1) is 40.4 Å². The molecule has 0 bridgehead atoms. The summed E-state index contributed by atoms with van der Waals surface area (Å²) in [5.41, 5.74) is 1.45. The largest absolute Gasteiger partial charge is 0.300 e. The van der Waals surface area contributed by atoms with Gasteiger partial charge in [0.1, 0.15) is 5.78 Å². The summed E-state index contributed by atoms with van der Waals surface area (Å²) in [6.45, 7) is 11.3. The van der Waals surface area contributed by atoms with Gasteiger partial charge in [0.25, 0.3) is 0 Å². The van der Waals surface area contributed by atoms with E-state index in [9.17, 15) is 4.79 Å². The summed E-state index contributed by atoms with van der Waals surface area (Å²) in [5, 5.41) is 0. The maximum atomic E-state index is 9.81. The van der Waals surface area contributed by atoms with Gasteiger partial charge < -0.3 is 4.79 Å². The zero-order valence-electron chi connectivity index (χ0n) is 18.3. The van der Waals surface area contributed by atoms with Gasteiger partial charge in [-0.1, -0.05) is 47.0 Å². The third-order valence-corrected chi connectivity index (χ3v) is 9.77. The van der Waals surface area contributed by atoms with Crippen LogP contribution in [0.25, 0.3) is 0 Å². The van der Waals surface area contributed by atoms with Crippen LogP contribution in [0.1, 0.15) is 112 Å². The first-order valence-electron chi connectivity index (χ1n) is 11.9. The fraction of sp³-hybridized carbons (Fsp3) is 0.960. The van der Waals surface area contributed by atoms with Crippen LogP contribution in [0.5, 0.6) is 0 Å². The Hall–Kier alpha value is -0.330. The molecule has 0 amide bonds. The highest BCUT2D eigenvalue weighted by Crippen LogP contribution is 2.67. The van der Waals surface area contributed by atoms with Crippen molar-refractivity contribution in [2.45, 2.75) is 112 Å². The van der Waals surface area contributed by atoms with Crippen LogP contribution < -0.4 is 0 Å². The van der Waals surface area contributed by atoms with Crippen molar-refractivity contribution < 1.29 is 4.79 Å². The third-order valence-electron chi connectivity index (χ3n) is 9.77. The average molecular weight is 361 g/mol. The summed E-state index contributed by atoms with van der Waals surface area (Å²) in [6.07, 6.45) is 17.6. The van der Waals surface area contributed by atoms with E-state index < -0.39 is 0 Å². The van der Waals surface area contributed by atoms with E-state index in [4.69, 9.17) is 0 Å². The number of carbonyl (C=O) groups is 1. The molecule has 1 unspecified atom stereocenters. The first-order chi connectivity index (χ1) is 12.4. The van der Waals surface area contributed by atoms with Crippen LogP contribution >= 0.6 is 0 Å². The molecule has 1 heteroatoms. The summed E-state index contributed by atoms with van der Waals surface area (Å²) in [5.74, 6) is 5.65. The van der Waals surface area contributed by atoms with Gasteiger partial charge >= 0.3 is 0 Å². The molecular weight excluding hydrogens is 316 g/mol. The van der Waals surface area contributed by atoms with Crippen molar-refractivity contribution in [3.63, 3.8) is 0 Å². The quantitative estimate of drug-likeness (QED) is 0.500. The van der Waals surface area contributed by atoms with Gasteiger partial charge in [0.2, 0.25) is 0 Å². The summed E-state index contributed by atoms with van der Waals surface area (Å²) < 4.78 is 0. The first-order valence-corrected chi connectivity index (χ1v) is 11.9. The summed E-state index contributed by atoms with van der Waals surface area (Å²) >= 11 is 0. The maximum absolute atomic E-state index is 9.81. The van der Waals surface area contributed by atoms with Gasteiger partial charge in [-0.25, -0.2) is 0 Å². The molecule has 0 saturated heterocycles. The molecule has 0 heterocycles. The summed E-state index contributed by atoms with van der Waals surface area (Å²) in [4.78, 5) is 9.81. The normalized spacial score (nSPS) is 47.0. The van der Waals surface area contributed by atoms with Crippen LogP contribution in [0.15, 0.2) is 0 Å². The van der Waals surface area contributed by atoms with Gasteiger partial charge in [-0.05, 0) is 98.7 Å². The Morgan fingerprint density at radius 3 is 2.19 bits per heavy atom. The van der Waals surface area contributed by atoms with Crippen LogP contribution in [0.3, 0.4) is 0 Å². The number of rotatable bonds is 2. The van der Waals surface area contributed by atoms with Gasteiger partial charge in [-0.15, -0.1) is 0 Å². The van der Waals surface area contributed by atoms with Crippen LogP contribution in [0.2, 0.25) is 0 Å². The fourth-order valence-corrected chi connectivity index (χ4v) is 8.07. The Morgan fingerprint density at radius 2 is 1.54 bits per heavy atom. The van der Waals surface area contributed by atoms with Crippen molar-refractivity contribution in [2.24, 2.45) is 40.4 Å². The SMILES string of the molecule is CCC(C)=O.CC[C@H]1CC[C@H]2[C@@H]3CCC4CCCC[C@]4(C)[C@H]3CC[C@]12C. The maximum Gasteiger partial charge on any atom is 0.129 e. The molecule has 4 saturated carbocycles. The lowest BCUT2D eigenvalue weighted by Crippen LogP contribution is -2.52. The van der Waals surface area contributed by atoms with Crippen molar-refractivity contribution in [1.29, 1.82) is 0 Å². The molecule has 4 fully saturated rings. The standard InChI is InChI=1S/C21H36.C4H8O/c1-4-15-9-11-18-17-10-8-16-7-5-6-13-20(16,2)19(17)12-14-21(15,18)3;1-3-4(2)5/h15-19H,4-14H2,1-3H3;3H2,1-2H3/t15-,16?,17-,18-,19-,20-,21+;/m0./s1. The number of carbonyl (C=O) groups excluding carboxylic acids is 1. The molecule has 4 aliphatic rings. The van der Waals surface area contributed by atoms with E-state index in [0.717, 1.165) is 35.0 Å². The number of hydrogen-bond donors (Lipinski definition) is 0. The Labute approximate surface area is 163 Å². The smallest absolute Gasteiger partial charge is 0.129 e. The second-order valence-corrected chi connectivity index (χ2v) is 10.7. The number of Topliss-reactive ketones (excluding diaryl/α,β-unsaturated/α-hetero) is 1. The van der Waals surface area contributed by atoms with E-state index in [0.29, 0.717) is 11.8 Å². The van der Waals surface area contributed by atoms with Crippen molar-refractivity contribution in [3.05, 3.63) is 0 Å². The molecule has 0 N–H and O–H groups in total. The highest BCUT2D eigenvalue weighted by atomic mass is 16.1. The van der Waals surface area contributed by atoms with Crippen molar-refractivity contribution in [1.82, 2.24) is 0 Å². The van der Waals surface area contributed by atoms with E-state index in [1.807, 2.05) is 6.92 Å². The minimum Gasteiger partial charge on any atom is -0.300 e. The zero-order chi connectivity index (χ0) is 18.9. The number of ketones is 1. The van der Waals surface area contributed by atoms with Crippen molar-refractivity contribution >= 4 is 5.78 Å². The Balaban J connectivity index is 0.000000349. The monoisotopic (exact) mass is 360 g/mol. The molecule has 0 aromatic carbocycles. The molecule has 0 spiro atoms. The minimum absolute atomic E-state index is 0.255. The van der Waals surface area contributed by atoms with Crippen molar-refractivity contribution in [3.8, 4) is 0 Å². The Kier molecular flexibility index (Phi) is 6.25. The Morgan fingerprint density at radius 1 is 0.846 bits per heavy atom. The van der Waals surface area contributed by atoms with Crippen LogP contribution in [0.4, 0.5) is 0 Å². The van der Waals surface area contributed by atoms with Gasteiger partial charge in [0, 0.05) is 6.42 Å². The molecule has 4 aliphatic carbocycles.